The molecule has 2 aromatic rings. The summed E-state index contributed by atoms with van der Waals surface area (Å²) in [5.74, 6) is 0. The van der Waals surface area contributed by atoms with Gasteiger partial charge in [0.25, 0.3) is 0 Å². The van der Waals surface area contributed by atoms with E-state index in [9.17, 15) is 0 Å². The van der Waals surface area contributed by atoms with E-state index in [2.05, 4.69) is 69.5 Å². The van der Waals surface area contributed by atoms with E-state index in [1.54, 1.807) is 0 Å². The molecule has 3 heteroatoms. The fourth-order valence-corrected chi connectivity index (χ4v) is 3.59. The molecule has 0 saturated carbocycles. The quantitative estimate of drug-likeness (QED) is 0.591. The molecular weight excluding hydrogens is 358 g/mol. The molecule has 2 aliphatic heterocycles. The van der Waals surface area contributed by atoms with Gasteiger partial charge in [0.1, 0.15) is 0 Å². The highest BCUT2D eigenvalue weighted by Gasteiger charge is 2.31. The van der Waals surface area contributed by atoms with Gasteiger partial charge in [-0.05, 0) is 41.5 Å². The zero-order valence-electron chi connectivity index (χ0n) is 11.7. The van der Waals surface area contributed by atoms with Gasteiger partial charge in [-0.15, -0.1) is 0 Å². The summed E-state index contributed by atoms with van der Waals surface area (Å²) in [5, 5.41) is 0.772. The molecule has 0 bridgehead atoms. The number of rotatable bonds is 1. The highest BCUT2D eigenvalue weighted by Crippen LogP contribution is 2.45. The summed E-state index contributed by atoms with van der Waals surface area (Å²) in [6.45, 7) is 0. The average Bonchev–Trinajstić information content (AvgIpc) is 2.83. The van der Waals surface area contributed by atoms with E-state index in [1.807, 2.05) is 24.3 Å². The first kappa shape index (κ1) is 13.9. The number of nitrogens with zero attached hydrogens (tertiary/aromatic N) is 1. The minimum atomic E-state index is 0.256. The third-order valence-electron chi connectivity index (χ3n) is 4.03. The summed E-state index contributed by atoms with van der Waals surface area (Å²) in [4.78, 5) is 2.29. The Morgan fingerprint density at radius 3 is 2.82 bits per heavy atom. The predicted molar refractivity (Wildman–Crippen MR) is 96.3 cm³/mol. The first-order chi connectivity index (χ1) is 10.7. The second-order valence-electron chi connectivity index (χ2n) is 5.36. The molecule has 2 aromatic carbocycles. The molecule has 1 unspecified atom stereocenters. The maximum Gasteiger partial charge on any atom is 0.0779 e. The molecule has 0 fully saturated rings. The van der Waals surface area contributed by atoms with Crippen molar-refractivity contribution in [2.45, 2.75) is 6.04 Å². The monoisotopic (exact) mass is 369 g/mol. The van der Waals surface area contributed by atoms with E-state index in [0.717, 1.165) is 15.1 Å². The van der Waals surface area contributed by atoms with E-state index in [-0.39, 0.29) is 6.04 Å². The molecule has 22 heavy (non-hydrogen) atoms. The fraction of sp³-hybridized carbons (Fsp3) is 0.0526. The lowest BCUT2D eigenvalue weighted by Gasteiger charge is -2.24. The average molecular weight is 371 g/mol. The Morgan fingerprint density at radius 1 is 1.09 bits per heavy atom. The molecular formula is C19H13BrClN. The van der Waals surface area contributed by atoms with Gasteiger partial charge < -0.3 is 4.90 Å². The summed E-state index contributed by atoms with van der Waals surface area (Å²) in [6, 6.07) is 14.7. The minimum absolute atomic E-state index is 0.256. The molecule has 0 N–H and O–H groups in total. The largest absolute Gasteiger partial charge is 0.336 e. The Bertz CT molecular complexity index is 835. The van der Waals surface area contributed by atoms with Crippen LogP contribution in [0.2, 0.25) is 5.02 Å². The first-order valence-electron chi connectivity index (χ1n) is 7.13. The van der Waals surface area contributed by atoms with E-state index >= 15 is 0 Å². The van der Waals surface area contributed by atoms with Crippen LogP contribution in [-0.4, -0.2) is 4.90 Å². The number of halogens is 2. The van der Waals surface area contributed by atoms with Crippen molar-refractivity contribution in [1.82, 2.24) is 4.90 Å². The summed E-state index contributed by atoms with van der Waals surface area (Å²) in [6.07, 6.45) is 10.7. The zero-order chi connectivity index (χ0) is 15.1. The molecule has 1 nitrogen and oxygen atoms in total. The molecule has 1 atom stereocenters. The van der Waals surface area contributed by atoms with E-state index < -0.39 is 0 Å². The SMILES string of the molecule is Clc1ccccc1/C=C1/c2ccc(Br)cc2C2C=CC=CN12. The van der Waals surface area contributed by atoms with Gasteiger partial charge in [-0.2, -0.15) is 0 Å². The van der Waals surface area contributed by atoms with Gasteiger partial charge in [-0.25, -0.2) is 0 Å². The van der Waals surface area contributed by atoms with E-state index in [1.165, 1.54) is 16.8 Å². The zero-order valence-corrected chi connectivity index (χ0v) is 14.1. The van der Waals surface area contributed by atoms with Crippen LogP contribution < -0.4 is 0 Å². The van der Waals surface area contributed by atoms with Crippen molar-refractivity contribution in [3.63, 3.8) is 0 Å². The van der Waals surface area contributed by atoms with Gasteiger partial charge in [0, 0.05) is 27.0 Å². The highest BCUT2D eigenvalue weighted by atomic mass is 79.9. The normalized spacial score (nSPS) is 20.4. The van der Waals surface area contributed by atoms with Crippen LogP contribution in [0.15, 0.2) is 71.4 Å². The van der Waals surface area contributed by atoms with Crippen molar-refractivity contribution < 1.29 is 0 Å². The summed E-state index contributed by atoms with van der Waals surface area (Å²) in [7, 11) is 0. The number of benzene rings is 2. The Labute approximate surface area is 143 Å². The van der Waals surface area contributed by atoms with Crippen LogP contribution in [0.5, 0.6) is 0 Å². The number of fused-ring (bicyclic) bond motifs is 3. The Balaban J connectivity index is 1.91. The van der Waals surface area contributed by atoms with Crippen molar-refractivity contribution in [3.8, 4) is 0 Å². The van der Waals surface area contributed by atoms with Crippen molar-refractivity contribution in [1.29, 1.82) is 0 Å². The van der Waals surface area contributed by atoms with Gasteiger partial charge in [-0.3, -0.25) is 0 Å². The number of hydrogen-bond acceptors (Lipinski definition) is 1. The third kappa shape index (κ3) is 2.23. The van der Waals surface area contributed by atoms with Gasteiger partial charge >= 0.3 is 0 Å². The maximum absolute atomic E-state index is 6.33. The lowest BCUT2D eigenvalue weighted by Crippen LogP contribution is -2.14. The molecule has 0 amide bonds. The Morgan fingerprint density at radius 2 is 1.95 bits per heavy atom. The molecule has 4 rings (SSSR count). The van der Waals surface area contributed by atoms with Crippen LogP contribution in [-0.2, 0) is 0 Å². The number of hydrogen-bond donors (Lipinski definition) is 0. The Kier molecular flexibility index (Phi) is 3.44. The summed E-state index contributed by atoms with van der Waals surface area (Å²) >= 11 is 9.91. The van der Waals surface area contributed by atoms with Gasteiger partial charge in [0.15, 0.2) is 0 Å². The molecule has 2 heterocycles. The number of allylic oxidation sites excluding steroid dienone is 2. The molecule has 0 aromatic heterocycles. The van der Waals surface area contributed by atoms with Crippen LogP contribution in [0.4, 0.5) is 0 Å². The second-order valence-corrected chi connectivity index (χ2v) is 6.68. The van der Waals surface area contributed by atoms with Crippen LogP contribution in [0.3, 0.4) is 0 Å². The van der Waals surface area contributed by atoms with Crippen molar-refractivity contribution in [2.75, 3.05) is 0 Å². The van der Waals surface area contributed by atoms with Crippen molar-refractivity contribution >= 4 is 39.3 Å². The highest BCUT2D eigenvalue weighted by molar-refractivity contribution is 9.10. The van der Waals surface area contributed by atoms with Crippen molar-refractivity contribution in [3.05, 3.63) is 93.1 Å². The van der Waals surface area contributed by atoms with E-state index in [4.69, 9.17) is 11.6 Å². The first-order valence-corrected chi connectivity index (χ1v) is 8.30. The standard InChI is InChI=1S/C19H13BrClN/c20-14-8-9-15-16(12-14)18-7-3-4-10-22(18)19(15)11-13-5-1-2-6-17(13)21/h1-12,18H/b19-11-. The third-order valence-corrected chi connectivity index (χ3v) is 4.87. The topological polar surface area (TPSA) is 3.24 Å². The van der Waals surface area contributed by atoms with Gasteiger partial charge in [-0.1, -0.05) is 63.9 Å². The Hall–Kier alpha value is -1.77. The van der Waals surface area contributed by atoms with Crippen LogP contribution >= 0.6 is 27.5 Å². The summed E-state index contributed by atoms with van der Waals surface area (Å²) in [5.41, 5.74) is 4.79. The van der Waals surface area contributed by atoms with Crippen molar-refractivity contribution in [2.24, 2.45) is 0 Å². The molecule has 2 aliphatic rings. The predicted octanol–water partition coefficient (Wildman–Crippen LogP) is 6.04. The van der Waals surface area contributed by atoms with Crippen LogP contribution in [0.1, 0.15) is 22.7 Å². The van der Waals surface area contributed by atoms with Crippen LogP contribution in [0.25, 0.3) is 11.8 Å². The lowest BCUT2D eigenvalue weighted by atomic mass is 10.0. The smallest absolute Gasteiger partial charge is 0.0779 e. The van der Waals surface area contributed by atoms with Crippen LogP contribution in [0, 0.1) is 0 Å². The van der Waals surface area contributed by atoms with Gasteiger partial charge in [0.05, 0.1) is 6.04 Å². The molecule has 108 valence electrons. The molecule has 0 spiro atoms. The molecule has 0 radical (unpaired) electrons. The lowest BCUT2D eigenvalue weighted by molar-refractivity contribution is 0.483. The molecule has 0 aliphatic carbocycles. The fourth-order valence-electron chi connectivity index (χ4n) is 3.02. The maximum atomic E-state index is 6.33. The minimum Gasteiger partial charge on any atom is -0.336 e. The van der Waals surface area contributed by atoms with E-state index in [0.29, 0.717) is 0 Å². The second kappa shape index (κ2) is 5.45. The summed E-state index contributed by atoms with van der Waals surface area (Å²) < 4.78 is 1.10. The molecule has 0 saturated heterocycles. The van der Waals surface area contributed by atoms with Gasteiger partial charge in [0.2, 0.25) is 0 Å².